The second kappa shape index (κ2) is 7.46. The predicted molar refractivity (Wildman–Crippen MR) is 97.4 cm³/mol. The van der Waals surface area contributed by atoms with E-state index < -0.39 is 0 Å². The van der Waals surface area contributed by atoms with Crippen molar-refractivity contribution in [1.82, 2.24) is 4.90 Å². The number of amides is 2. The molecular weight excluding hydrogens is 316 g/mol. The van der Waals surface area contributed by atoms with Gasteiger partial charge in [-0.15, -0.1) is 0 Å². The number of likely N-dealkylation sites (tertiary alicyclic amines) is 1. The van der Waals surface area contributed by atoms with E-state index >= 15 is 0 Å². The molecule has 25 heavy (non-hydrogen) atoms. The van der Waals surface area contributed by atoms with Crippen LogP contribution in [0.4, 0.5) is 5.69 Å². The average molecular weight is 344 g/mol. The minimum atomic E-state index is -0.211. The Kier molecular flexibility index (Phi) is 5.30. The zero-order valence-electron chi connectivity index (χ0n) is 15.3. The molecule has 1 saturated carbocycles. The molecule has 0 spiro atoms. The highest BCUT2D eigenvalue weighted by Gasteiger charge is 2.49. The SMILES string of the molecule is CC1CCCN(C(=O)C2CC2C(=O)Nc2ccccc2OC(C)C)C1. The zero-order valence-corrected chi connectivity index (χ0v) is 15.3. The van der Waals surface area contributed by atoms with Crippen LogP contribution >= 0.6 is 0 Å². The van der Waals surface area contributed by atoms with Crippen molar-refractivity contribution in [3.05, 3.63) is 24.3 Å². The van der Waals surface area contributed by atoms with Gasteiger partial charge in [-0.25, -0.2) is 0 Å². The number of carbonyl (C=O) groups is 2. The molecule has 1 aromatic rings. The molecule has 1 saturated heterocycles. The van der Waals surface area contributed by atoms with Gasteiger partial charge in [-0.3, -0.25) is 9.59 Å². The van der Waals surface area contributed by atoms with Crippen LogP contribution in [0.15, 0.2) is 24.3 Å². The van der Waals surface area contributed by atoms with E-state index in [0.717, 1.165) is 19.5 Å². The quantitative estimate of drug-likeness (QED) is 0.891. The third-order valence-electron chi connectivity index (χ3n) is 4.92. The Labute approximate surface area is 149 Å². The summed E-state index contributed by atoms with van der Waals surface area (Å²) in [5, 5.41) is 2.94. The molecule has 2 aliphatic rings. The van der Waals surface area contributed by atoms with Gasteiger partial charge < -0.3 is 15.0 Å². The van der Waals surface area contributed by atoms with Crippen molar-refractivity contribution in [3.8, 4) is 5.75 Å². The fraction of sp³-hybridized carbons (Fsp3) is 0.600. The molecule has 3 rings (SSSR count). The smallest absolute Gasteiger partial charge is 0.228 e. The third-order valence-corrected chi connectivity index (χ3v) is 4.92. The number of benzene rings is 1. The van der Waals surface area contributed by atoms with Crippen molar-refractivity contribution in [2.45, 2.75) is 46.1 Å². The fourth-order valence-electron chi connectivity index (χ4n) is 3.53. The van der Waals surface area contributed by atoms with Crippen LogP contribution in [0.5, 0.6) is 5.75 Å². The normalized spacial score (nSPS) is 25.6. The molecule has 0 radical (unpaired) electrons. The van der Waals surface area contributed by atoms with E-state index in [1.54, 1.807) is 0 Å². The number of hydrogen-bond acceptors (Lipinski definition) is 3. The van der Waals surface area contributed by atoms with Crippen molar-refractivity contribution < 1.29 is 14.3 Å². The second-order valence-electron chi connectivity index (χ2n) is 7.63. The van der Waals surface area contributed by atoms with E-state index in [0.29, 0.717) is 23.8 Å². The number of nitrogens with one attached hydrogen (secondary N) is 1. The van der Waals surface area contributed by atoms with Crippen LogP contribution in [-0.2, 0) is 9.59 Å². The topological polar surface area (TPSA) is 58.6 Å². The van der Waals surface area contributed by atoms with Gasteiger partial charge in [0, 0.05) is 13.1 Å². The van der Waals surface area contributed by atoms with E-state index in [-0.39, 0.29) is 29.8 Å². The lowest BCUT2D eigenvalue weighted by Crippen LogP contribution is -2.40. The molecule has 5 nitrogen and oxygen atoms in total. The minimum Gasteiger partial charge on any atom is -0.489 e. The van der Waals surface area contributed by atoms with E-state index in [4.69, 9.17) is 4.74 Å². The van der Waals surface area contributed by atoms with Crippen LogP contribution in [0.2, 0.25) is 0 Å². The van der Waals surface area contributed by atoms with Crippen molar-refractivity contribution in [2.24, 2.45) is 17.8 Å². The molecule has 1 aliphatic heterocycles. The highest BCUT2D eigenvalue weighted by atomic mass is 16.5. The van der Waals surface area contributed by atoms with Gasteiger partial charge in [-0.05, 0) is 51.2 Å². The number of rotatable bonds is 5. The van der Waals surface area contributed by atoms with Crippen molar-refractivity contribution in [2.75, 3.05) is 18.4 Å². The Balaban J connectivity index is 1.58. The predicted octanol–water partition coefficient (Wildman–Crippen LogP) is 3.31. The van der Waals surface area contributed by atoms with Crippen LogP contribution in [0, 0.1) is 17.8 Å². The van der Waals surface area contributed by atoms with Gasteiger partial charge in [0.15, 0.2) is 0 Å². The summed E-state index contributed by atoms with van der Waals surface area (Å²) in [6.07, 6.45) is 2.94. The summed E-state index contributed by atoms with van der Waals surface area (Å²) in [4.78, 5) is 27.1. The van der Waals surface area contributed by atoms with Crippen LogP contribution in [0.1, 0.15) is 40.0 Å². The lowest BCUT2D eigenvalue weighted by molar-refractivity contribution is -0.135. The first kappa shape index (κ1) is 17.8. The van der Waals surface area contributed by atoms with E-state index in [2.05, 4.69) is 12.2 Å². The molecule has 1 aliphatic carbocycles. The number of nitrogens with zero attached hydrogens (tertiary/aromatic N) is 1. The van der Waals surface area contributed by atoms with Gasteiger partial charge in [-0.1, -0.05) is 19.1 Å². The van der Waals surface area contributed by atoms with E-state index in [1.165, 1.54) is 6.42 Å². The molecule has 3 unspecified atom stereocenters. The fourth-order valence-corrected chi connectivity index (χ4v) is 3.53. The lowest BCUT2D eigenvalue weighted by Gasteiger charge is -2.31. The van der Waals surface area contributed by atoms with Crippen LogP contribution in [-0.4, -0.2) is 35.9 Å². The number of carbonyl (C=O) groups excluding carboxylic acids is 2. The average Bonchev–Trinajstić information content (AvgIpc) is 3.36. The van der Waals surface area contributed by atoms with Crippen molar-refractivity contribution in [1.29, 1.82) is 0 Å². The summed E-state index contributed by atoms with van der Waals surface area (Å²) in [7, 11) is 0. The molecule has 1 N–H and O–H groups in total. The Morgan fingerprint density at radius 2 is 2.00 bits per heavy atom. The highest BCUT2D eigenvalue weighted by Crippen LogP contribution is 2.42. The third kappa shape index (κ3) is 4.33. The van der Waals surface area contributed by atoms with Crippen molar-refractivity contribution in [3.63, 3.8) is 0 Å². The maximum absolute atomic E-state index is 12.6. The maximum atomic E-state index is 12.6. The monoisotopic (exact) mass is 344 g/mol. The number of piperidine rings is 1. The summed E-state index contributed by atoms with van der Waals surface area (Å²) in [6.45, 7) is 7.75. The second-order valence-corrected chi connectivity index (χ2v) is 7.63. The summed E-state index contributed by atoms with van der Waals surface area (Å²) in [5.74, 6) is 0.935. The first-order valence-corrected chi connectivity index (χ1v) is 9.31. The molecule has 0 bridgehead atoms. The number of para-hydroxylation sites is 2. The first-order chi connectivity index (χ1) is 12.0. The number of anilines is 1. The Bertz CT molecular complexity index is 644. The molecule has 2 fully saturated rings. The van der Waals surface area contributed by atoms with Crippen LogP contribution in [0.25, 0.3) is 0 Å². The summed E-state index contributed by atoms with van der Waals surface area (Å²) >= 11 is 0. The summed E-state index contributed by atoms with van der Waals surface area (Å²) in [5.41, 5.74) is 0.672. The first-order valence-electron chi connectivity index (χ1n) is 9.31. The van der Waals surface area contributed by atoms with Crippen molar-refractivity contribution >= 4 is 17.5 Å². The standard InChI is InChI=1S/C20H28N2O3/c1-13(2)25-18-9-5-4-8-17(18)21-19(23)15-11-16(15)20(24)22-10-6-7-14(3)12-22/h4-5,8-9,13-16H,6-7,10-12H2,1-3H3,(H,21,23). The molecule has 136 valence electrons. The lowest BCUT2D eigenvalue weighted by atomic mass is 10.00. The Hall–Kier alpha value is -2.04. The van der Waals surface area contributed by atoms with Gasteiger partial charge in [-0.2, -0.15) is 0 Å². The van der Waals surface area contributed by atoms with Crippen LogP contribution < -0.4 is 10.1 Å². The minimum absolute atomic E-state index is 0.0365. The van der Waals surface area contributed by atoms with E-state index in [1.807, 2.05) is 43.0 Å². The number of hydrogen-bond donors (Lipinski definition) is 1. The van der Waals surface area contributed by atoms with Gasteiger partial charge in [0.1, 0.15) is 5.75 Å². The highest BCUT2D eigenvalue weighted by molar-refractivity contribution is 6.00. The van der Waals surface area contributed by atoms with Crippen LogP contribution in [0.3, 0.4) is 0 Å². The Morgan fingerprint density at radius 3 is 2.72 bits per heavy atom. The zero-order chi connectivity index (χ0) is 18.0. The van der Waals surface area contributed by atoms with Gasteiger partial charge >= 0.3 is 0 Å². The van der Waals surface area contributed by atoms with Gasteiger partial charge in [0.25, 0.3) is 0 Å². The van der Waals surface area contributed by atoms with E-state index in [9.17, 15) is 9.59 Å². The molecular formula is C20H28N2O3. The summed E-state index contributed by atoms with van der Waals surface area (Å²) < 4.78 is 5.74. The molecule has 2 amide bonds. The molecule has 3 atom stereocenters. The number of ether oxygens (including phenoxy) is 1. The molecule has 1 heterocycles. The largest absolute Gasteiger partial charge is 0.489 e. The maximum Gasteiger partial charge on any atom is 0.228 e. The van der Waals surface area contributed by atoms with Gasteiger partial charge in [0.2, 0.25) is 11.8 Å². The van der Waals surface area contributed by atoms with Gasteiger partial charge in [0.05, 0.1) is 23.6 Å². The summed E-state index contributed by atoms with van der Waals surface area (Å²) in [6, 6.07) is 7.43. The Morgan fingerprint density at radius 1 is 1.24 bits per heavy atom. The molecule has 5 heteroatoms. The molecule has 0 aromatic heterocycles. The molecule has 1 aromatic carbocycles.